The van der Waals surface area contributed by atoms with E-state index >= 15 is 0 Å². The first-order chi connectivity index (χ1) is 23.2. The number of nitrogens with one attached hydrogen (secondary N) is 3. The molecule has 1 aliphatic heterocycles. The molecule has 4 heterocycles. The number of nitrogens with zero attached hydrogens (tertiary/aromatic N) is 4. The highest BCUT2D eigenvalue weighted by Gasteiger charge is 2.35. The fourth-order valence-corrected chi connectivity index (χ4v) is 8.03. The maximum absolute atomic E-state index is 13.0. The Labute approximate surface area is 293 Å². The Morgan fingerprint density at radius 1 is 1.10 bits per heavy atom. The summed E-state index contributed by atoms with van der Waals surface area (Å²) in [6.07, 6.45) is 14.4. The largest absolute Gasteiger partial charge is 0.477 e. The third-order valence-corrected chi connectivity index (χ3v) is 11.2. The van der Waals surface area contributed by atoms with Gasteiger partial charge in [0.25, 0.3) is 5.91 Å². The molecular weight excluding hydrogens is 646 g/mol. The molecule has 0 bridgehead atoms. The number of hydrogen-bond donors (Lipinski definition) is 3. The second-order valence-electron chi connectivity index (χ2n) is 13.8. The van der Waals surface area contributed by atoms with Gasteiger partial charge >= 0.3 is 0 Å². The summed E-state index contributed by atoms with van der Waals surface area (Å²) in [4.78, 5) is 21.8. The van der Waals surface area contributed by atoms with Gasteiger partial charge in [-0.1, -0.05) is 70.0 Å². The zero-order chi connectivity index (χ0) is 34.1. The average Bonchev–Trinajstić information content (AvgIpc) is 3.64. The van der Waals surface area contributed by atoms with Gasteiger partial charge in [-0.3, -0.25) is 9.52 Å². The number of amides is 1. The van der Waals surface area contributed by atoms with Gasteiger partial charge < -0.3 is 15.4 Å². The lowest BCUT2D eigenvalue weighted by atomic mass is 9.63. The van der Waals surface area contributed by atoms with Gasteiger partial charge in [-0.25, -0.2) is 18.9 Å². The Morgan fingerprint density at radius 2 is 1.85 bits per heavy atom. The third kappa shape index (κ3) is 9.57. The van der Waals surface area contributed by atoms with E-state index in [0.29, 0.717) is 30.0 Å². The van der Waals surface area contributed by atoms with Crippen molar-refractivity contribution >= 4 is 34.3 Å². The molecule has 3 aromatic rings. The van der Waals surface area contributed by atoms with Crippen LogP contribution in [0.4, 0.5) is 5.82 Å². The number of carbonyl (C=O) groups excluding carboxylic acids is 1. The number of hydrogen-bond acceptors (Lipinski definition) is 8. The number of anilines is 1. The monoisotopic (exact) mass is 697 g/mol. The molecule has 1 amide bonds. The Balaban J connectivity index is 0.00000221. The van der Waals surface area contributed by atoms with Crippen LogP contribution in [0.3, 0.4) is 0 Å². The fourth-order valence-electron chi connectivity index (χ4n) is 7.03. The number of aromatic nitrogens is 4. The standard InChI is InChI=1S/C34H46ClN7O3S.C2H6/c1-34(2)21-23(22-37-34)7-6-18-36-28-12-5-13-31(38-28)46(44)41-33(43)27-14-15-29(39-32(27)35)42-19-16-30(40-42)45-20-17-26(24-8-3-9-24)25-10-4-11-25;1-2/h5,12-16,19,23-26,37H,3-4,6-11,17-18,20-22H2,1-2H3,(H,36,38)(H,41,43);1-2H3. The molecule has 3 aliphatic rings. The molecule has 0 aromatic carbocycles. The number of pyridine rings is 2. The van der Waals surface area contributed by atoms with E-state index in [1.165, 1.54) is 44.9 Å². The van der Waals surface area contributed by atoms with E-state index in [9.17, 15) is 9.00 Å². The maximum Gasteiger partial charge on any atom is 0.266 e. The molecule has 2 aliphatic carbocycles. The summed E-state index contributed by atoms with van der Waals surface area (Å²) in [5.41, 5.74) is 0.329. The van der Waals surface area contributed by atoms with Crippen LogP contribution < -0.4 is 20.1 Å². The zero-order valence-corrected chi connectivity index (χ0v) is 30.4. The predicted octanol–water partition coefficient (Wildman–Crippen LogP) is 7.36. The zero-order valence-electron chi connectivity index (χ0n) is 28.8. The summed E-state index contributed by atoms with van der Waals surface area (Å²) in [6.45, 7) is 11.0. The second-order valence-corrected chi connectivity index (χ2v) is 15.3. The Hall–Kier alpha value is -3.02. The van der Waals surface area contributed by atoms with Crippen LogP contribution in [-0.4, -0.2) is 55.1 Å². The first kappa shape index (κ1) is 36.3. The van der Waals surface area contributed by atoms with Gasteiger partial charge in [0.1, 0.15) is 11.0 Å². The predicted molar refractivity (Wildman–Crippen MR) is 192 cm³/mol. The van der Waals surface area contributed by atoms with E-state index in [2.05, 4.69) is 44.3 Å². The van der Waals surface area contributed by atoms with Crippen LogP contribution in [0.15, 0.2) is 47.6 Å². The van der Waals surface area contributed by atoms with Crippen molar-refractivity contribution in [2.24, 2.45) is 23.7 Å². The minimum atomic E-state index is -1.88. The molecule has 2 atom stereocenters. The molecule has 6 rings (SSSR count). The van der Waals surface area contributed by atoms with Gasteiger partial charge in [0, 0.05) is 24.3 Å². The van der Waals surface area contributed by atoms with Crippen LogP contribution in [0, 0.1) is 23.7 Å². The molecule has 3 fully saturated rings. The van der Waals surface area contributed by atoms with E-state index in [-0.39, 0.29) is 21.3 Å². The number of halogens is 1. The number of carbonyl (C=O) groups is 1. The van der Waals surface area contributed by atoms with E-state index in [1.54, 1.807) is 35.1 Å². The van der Waals surface area contributed by atoms with Crippen LogP contribution >= 0.6 is 11.6 Å². The van der Waals surface area contributed by atoms with Gasteiger partial charge in [-0.15, -0.1) is 5.10 Å². The summed E-state index contributed by atoms with van der Waals surface area (Å²) in [5, 5.41) is 11.6. The van der Waals surface area contributed by atoms with Gasteiger partial charge in [0.15, 0.2) is 21.8 Å². The van der Waals surface area contributed by atoms with Crippen LogP contribution in [0.2, 0.25) is 5.15 Å². The molecule has 262 valence electrons. The van der Waals surface area contributed by atoms with Crippen molar-refractivity contribution in [3.8, 4) is 11.7 Å². The van der Waals surface area contributed by atoms with Crippen molar-refractivity contribution in [3.05, 3.63) is 53.3 Å². The normalized spacial score (nSPS) is 19.5. The van der Waals surface area contributed by atoms with Crippen LogP contribution in [0.5, 0.6) is 5.88 Å². The third-order valence-electron chi connectivity index (χ3n) is 9.95. The van der Waals surface area contributed by atoms with Gasteiger partial charge in [0.2, 0.25) is 5.88 Å². The van der Waals surface area contributed by atoms with E-state index < -0.39 is 16.9 Å². The number of rotatable bonds is 15. The van der Waals surface area contributed by atoms with Crippen molar-refractivity contribution in [1.82, 2.24) is 29.8 Å². The lowest BCUT2D eigenvalue weighted by Gasteiger charge is -2.42. The molecule has 3 aromatic heterocycles. The summed E-state index contributed by atoms with van der Waals surface area (Å²) < 4.78 is 23.1. The van der Waals surface area contributed by atoms with Gasteiger partial charge in [0.05, 0.1) is 12.2 Å². The smallest absolute Gasteiger partial charge is 0.266 e. The highest BCUT2D eigenvalue weighted by atomic mass is 35.5. The minimum absolute atomic E-state index is 0.0157. The SMILES string of the molecule is CC.CC1(C)CC(CCCNc2cccc(S(=O)NC(=O)c3ccc(-n4ccc(OCCC(C5CCC5)C5CCC5)n4)nc3Cl)n2)CN1. The molecular formula is C36H52ClN7O3S. The van der Waals surface area contributed by atoms with Crippen molar-refractivity contribution in [2.75, 3.05) is 25.0 Å². The first-order valence-corrected chi connectivity index (χ1v) is 19.3. The van der Waals surface area contributed by atoms with Crippen molar-refractivity contribution < 1.29 is 13.7 Å². The van der Waals surface area contributed by atoms with Crippen molar-refractivity contribution in [2.45, 2.75) is 102 Å². The molecule has 48 heavy (non-hydrogen) atoms. The van der Waals surface area contributed by atoms with Crippen molar-refractivity contribution in [1.29, 1.82) is 0 Å². The lowest BCUT2D eigenvalue weighted by molar-refractivity contribution is 0.0720. The van der Waals surface area contributed by atoms with Crippen LogP contribution in [0.25, 0.3) is 5.82 Å². The molecule has 2 unspecified atom stereocenters. The highest BCUT2D eigenvalue weighted by Crippen LogP contribution is 2.46. The first-order valence-electron chi connectivity index (χ1n) is 17.8. The van der Waals surface area contributed by atoms with Crippen LogP contribution in [0.1, 0.15) is 102 Å². The highest BCUT2D eigenvalue weighted by molar-refractivity contribution is 7.83. The summed E-state index contributed by atoms with van der Waals surface area (Å²) >= 11 is 6.41. The van der Waals surface area contributed by atoms with Crippen LogP contribution in [-0.2, 0) is 11.0 Å². The van der Waals surface area contributed by atoms with Crippen molar-refractivity contribution in [3.63, 3.8) is 0 Å². The van der Waals surface area contributed by atoms with E-state index in [1.807, 2.05) is 26.0 Å². The minimum Gasteiger partial charge on any atom is -0.477 e. The number of ether oxygens (including phenoxy) is 1. The van der Waals surface area contributed by atoms with E-state index in [4.69, 9.17) is 16.3 Å². The summed E-state index contributed by atoms with van der Waals surface area (Å²) in [7, 11) is -1.88. The molecule has 3 N–H and O–H groups in total. The quantitative estimate of drug-likeness (QED) is 0.111. The molecule has 2 saturated carbocycles. The Bertz CT molecular complexity index is 1510. The topological polar surface area (TPSA) is 123 Å². The molecule has 1 saturated heterocycles. The Morgan fingerprint density at radius 3 is 2.50 bits per heavy atom. The molecule has 12 heteroatoms. The van der Waals surface area contributed by atoms with E-state index in [0.717, 1.165) is 50.1 Å². The maximum atomic E-state index is 13.0. The molecule has 0 spiro atoms. The summed E-state index contributed by atoms with van der Waals surface area (Å²) in [5.74, 6) is 4.20. The van der Waals surface area contributed by atoms with Gasteiger partial charge in [-0.2, -0.15) is 0 Å². The second kappa shape index (κ2) is 17.1. The molecule has 0 radical (unpaired) electrons. The Kier molecular flexibility index (Phi) is 12.9. The lowest BCUT2D eigenvalue weighted by Crippen LogP contribution is -2.33. The average molecular weight is 698 g/mol. The fraction of sp³-hybridized carbons (Fsp3) is 0.611. The molecule has 10 nitrogen and oxygen atoms in total. The summed E-state index contributed by atoms with van der Waals surface area (Å²) in [6, 6.07) is 10.2. The van der Waals surface area contributed by atoms with Gasteiger partial charge in [-0.05, 0) is 94.0 Å².